The Hall–Kier alpha value is -4.11. The Balaban J connectivity index is 1.66. The third kappa shape index (κ3) is 5.34. The van der Waals surface area contributed by atoms with Crippen molar-refractivity contribution in [1.82, 2.24) is 24.6 Å². The summed E-state index contributed by atoms with van der Waals surface area (Å²) in [5.74, 6) is 0.874. The van der Waals surface area contributed by atoms with E-state index in [2.05, 4.69) is 27.5 Å². The quantitative estimate of drug-likeness (QED) is 0.350. The third-order valence-corrected chi connectivity index (χ3v) is 7.39. The van der Waals surface area contributed by atoms with E-state index in [-0.39, 0.29) is 24.4 Å². The summed E-state index contributed by atoms with van der Waals surface area (Å²) in [5.41, 5.74) is 7.89. The molecule has 0 spiro atoms. The van der Waals surface area contributed by atoms with Crippen molar-refractivity contribution in [2.75, 3.05) is 0 Å². The van der Waals surface area contributed by atoms with Crippen molar-refractivity contribution in [3.05, 3.63) is 87.1 Å². The number of hydrazone groups is 1. The van der Waals surface area contributed by atoms with Crippen LogP contribution in [-0.4, -0.2) is 42.0 Å². The van der Waals surface area contributed by atoms with E-state index in [0.717, 1.165) is 34.4 Å². The Labute approximate surface area is 233 Å². The second-order valence-electron chi connectivity index (χ2n) is 11.5. The standard InChI is InChI=1S/C31H36N6O3/c1-6-10-26-24(29(40)36(18-27(38)31(3,4)5)30-32-19(2)35-37(26)30)16-20-13-14-22(21-11-8-7-9-12-21)23(15-20)25-17-28(39)34-33-25/h7-9,11-15,27,38H,6,10,16-18H2,1-5H3,(H,34,39). The van der Waals surface area contributed by atoms with E-state index in [1.807, 2.05) is 76.2 Å². The summed E-state index contributed by atoms with van der Waals surface area (Å²) in [6.07, 6.45) is 1.31. The first-order valence-corrected chi connectivity index (χ1v) is 13.8. The minimum absolute atomic E-state index is 0.117. The molecule has 0 aliphatic carbocycles. The Kier molecular flexibility index (Phi) is 7.42. The molecular weight excluding hydrogens is 504 g/mol. The lowest BCUT2D eigenvalue weighted by atomic mass is 9.89. The summed E-state index contributed by atoms with van der Waals surface area (Å²) < 4.78 is 3.33. The minimum Gasteiger partial charge on any atom is -0.391 e. The number of aliphatic hydroxyl groups excluding tert-OH is 1. The van der Waals surface area contributed by atoms with Crippen LogP contribution in [0.1, 0.15) is 68.7 Å². The second kappa shape index (κ2) is 10.8. The minimum atomic E-state index is -0.752. The molecule has 1 atom stereocenters. The molecule has 4 aromatic rings. The van der Waals surface area contributed by atoms with Gasteiger partial charge < -0.3 is 5.11 Å². The molecule has 0 saturated carbocycles. The maximum absolute atomic E-state index is 14.1. The predicted molar refractivity (Wildman–Crippen MR) is 155 cm³/mol. The normalized spacial score (nSPS) is 14.4. The topological polar surface area (TPSA) is 114 Å². The highest BCUT2D eigenvalue weighted by molar-refractivity contribution is 6.16. The number of carbonyl (C=O) groups is 1. The van der Waals surface area contributed by atoms with Gasteiger partial charge in [0.15, 0.2) is 0 Å². The number of aromatic nitrogens is 4. The summed E-state index contributed by atoms with van der Waals surface area (Å²) in [5, 5.41) is 19.9. The van der Waals surface area contributed by atoms with Gasteiger partial charge in [-0.15, -0.1) is 0 Å². The largest absolute Gasteiger partial charge is 0.391 e. The molecule has 0 fully saturated rings. The highest BCUT2D eigenvalue weighted by Gasteiger charge is 2.27. The molecule has 0 saturated heterocycles. The van der Waals surface area contributed by atoms with Crippen LogP contribution in [0, 0.1) is 12.3 Å². The van der Waals surface area contributed by atoms with E-state index >= 15 is 0 Å². The van der Waals surface area contributed by atoms with Crippen LogP contribution in [0.5, 0.6) is 0 Å². The SMILES string of the molecule is CCCc1c(Cc2ccc(-c3ccccc3)c(C3=NNC(=O)C3)c2)c(=O)n(CC(O)C(C)(C)C)c2nc(C)nn12. The van der Waals surface area contributed by atoms with E-state index in [1.54, 1.807) is 9.08 Å². The van der Waals surface area contributed by atoms with E-state index < -0.39 is 11.5 Å². The Bertz CT molecular complexity index is 1660. The molecule has 1 unspecified atom stereocenters. The molecule has 2 N–H and O–H groups in total. The van der Waals surface area contributed by atoms with Gasteiger partial charge in [-0.25, -0.2) is 9.94 Å². The number of hydrogen-bond acceptors (Lipinski definition) is 6. The van der Waals surface area contributed by atoms with Crippen molar-refractivity contribution in [1.29, 1.82) is 0 Å². The summed E-state index contributed by atoms with van der Waals surface area (Å²) >= 11 is 0. The van der Waals surface area contributed by atoms with Gasteiger partial charge in [-0.05, 0) is 41.5 Å². The molecule has 5 rings (SSSR count). The fraction of sp³-hybridized carbons (Fsp3) is 0.387. The maximum atomic E-state index is 14.1. The molecule has 0 bridgehead atoms. The second-order valence-corrected chi connectivity index (χ2v) is 11.5. The van der Waals surface area contributed by atoms with Crippen LogP contribution in [0.3, 0.4) is 0 Å². The van der Waals surface area contributed by atoms with Gasteiger partial charge in [0.1, 0.15) is 5.82 Å². The van der Waals surface area contributed by atoms with Gasteiger partial charge in [0, 0.05) is 17.5 Å². The molecule has 1 aliphatic heterocycles. The Morgan fingerprint density at radius 2 is 1.82 bits per heavy atom. The zero-order chi connectivity index (χ0) is 28.6. The van der Waals surface area contributed by atoms with E-state index in [1.165, 1.54) is 0 Å². The first-order valence-electron chi connectivity index (χ1n) is 13.8. The zero-order valence-corrected chi connectivity index (χ0v) is 23.7. The van der Waals surface area contributed by atoms with Gasteiger partial charge in [0.2, 0.25) is 11.7 Å². The third-order valence-electron chi connectivity index (χ3n) is 7.39. The van der Waals surface area contributed by atoms with Crippen molar-refractivity contribution < 1.29 is 9.90 Å². The lowest BCUT2D eigenvalue weighted by molar-refractivity contribution is -0.119. The van der Waals surface area contributed by atoms with Crippen LogP contribution >= 0.6 is 0 Å². The molecule has 1 amide bonds. The van der Waals surface area contributed by atoms with Crippen molar-refractivity contribution in [3.63, 3.8) is 0 Å². The molecule has 1 aliphatic rings. The number of nitrogens with zero attached hydrogens (tertiary/aromatic N) is 5. The average Bonchev–Trinajstić information content (AvgIpc) is 3.53. The zero-order valence-electron chi connectivity index (χ0n) is 23.7. The number of nitrogens with one attached hydrogen (secondary N) is 1. The highest BCUT2D eigenvalue weighted by atomic mass is 16.3. The fourth-order valence-corrected chi connectivity index (χ4v) is 5.08. The van der Waals surface area contributed by atoms with E-state index in [0.29, 0.717) is 35.7 Å². The van der Waals surface area contributed by atoms with Crippen molar-refractivity contribution in [2.24, 2.45) is 10.5 Å². The van der Waals surface area contributed by atoms with Gasteiger partial charge >= 0.3 is 0 Å². The predicted octanol–water partition coefficient (Wildman–Crippen LogP) is 4.04. The summed E-state index contributed by atoms with van der Waals surface area (Å²) in [6, 6.07) is 16.1. The average molecular weight is 541 g/mol. The highest BCUT2D eigenvalue weighted by Crippen LogP contribution is 2.28. The number of amides is 1. The van der Waals surface area contributed by atoms with Crippen LogP contribution in [0.25, 0.3) is 16.9 Å². The van der Waals surface area contributed by atoms with Gasteiger partial charge in [-0.1, -0.05) is 76.6 Å². The molecular formula is C31H36N6O3. The molecule has 2 aromatic heterocycles. The number of aryl methyl sites for hydroxylation is 2. The smallest absolute Gasteiger partial charge is 0.258 e. The molecule has 2 aromatic carbocycles. The first-order chi connectivity index (χ1) is 19.1. The van der Waals surface area contributed by atoms with Crippen LogP contribution in [0.2, 0.25) is 0 Å². The van der Waals surface area contributed by atoms with Crippen LogP contribution in [0.15, 0.2) is 58.4 Å². The number of hydrogen-bond donors (Lipinski definition) is 2. The van der Waals surface area contributed by atoms with E-state index in [4.69, 9.17) is 0 Å². The first kappa shape index (κ1) is 27.5. The number of fused-ring (bicyclic) bond motifs is 1. The lowest BCUT2D eigenvalue weighted by Gasteiger charge is -2.27. The fourth-order valence-electron chi connectivity index (χ4n) is 5.08. The van der Waals surface area contributed by atoms with E-state index in [9.17, 15) is 14.7 Å². The number of carbonyl (C=O) groups excluding carboxylic acids is 1. The van der Waals surface area contributed by atoms with Crippen LogP contribution in [0.4, 0.5) is 0 Å². The molecule has 208 valence electrons. The number of aliphatic hydroxyl groups is 1. The molecule has 40 heavy (non-hydrogen) atoms. The van der Waals surface area contributed by atoms with Crippen molar-refractivity contribution in [2.45, 2.75) is 73.0 Å². The molecule has 0 radical (unpaired) electrons. The lowest BCUT2D eigenvalue weighted by Crippen LogP contribution is -2.37. The number of benzene rings is 2. The van der Waals surface area contributed by atoms with Crippen LogP contribution in [-0.2, 0) is 24.2 Å². The van der Waals surface area contributed by atoms with Gasteiger partial charge in [0.05, 0.1) is 30.5 Å². The van der Waals surface area contributed by atoms with Crippen LogP contribution < -0.4 is 11.0 Å². The monoisotopic (exact) mass is 540 g/mol. The molecule has 9 nitrogen and oxygen atoms in total. The molecule has 3 heterocycles. The summed E-state index contributed by atoms with van der Waals surface area (Å²) in [4.78, 5) is 30.7. The van der Waals surface area contributed by atoms with Crippen molar-refractivity contribution in [3.8, 4) is 11.1 Å². The van der Waals surface area contributed by atoms with Gasteiger partial charge in [0.25, 0.3) is 5.56 Å². The number of rotatable bonds is 8. The maximum Gasteiger partial charge on any atom is 0.258 e. The summed E-state index contributed by atoms with van der Waals surface area (Å²) in [6.45, 7) is 9.84. The summed E-state index contributed by atoms with van der Waals surface area (Å²) in [7, 11) is 0. The Morgan fingerprint density at radius 1 is 1.07 bits per heavy atom. The molecule has 9 heteroatoms. The van der Waals surface area contributed by atoms with Crippen molar-refractivity contribution >= 4 is 17.4 Å². The van der Waals surface area contributed by atoms with Gasteiger partial charge in [-0.3, -0.25) is 14.2 Å². The van der Waals surface area contributed by atoms with Gasteiger partial charge in [-0.2, -0.15) is 15.2 Å². The Morgan fingerprint density at radius 3 is 2.48 bits per heavy atom.